The van der Waals surface area contributed by atoms with Gasteiger partial charge in [-0.2, -0.15) is 0 Å². The fraction of sp³-hybridized carbons (Fsp3) is 0.375. The molecule has 3 aromatic rings. The second-order valence-corrected chi connectivity index (χ2v) is 12.3. The fourth-order valence-corrected chi connectivity index (χ4v) is 5.69. The van der Waals surface area contributed by atoms with Crippen molar-refractivity contribution in [3.63, 3.8) is 0 Å². The molecule has 0 spiro atoms. The van der Waals surface area contributed by atoms with Crippen LogP contribution in [0.1, 0.15) is 49.4 Å². The van der Waals surface area contributed by atoms with Crippen LogP contribution in [0.4, 0.5) is 5.69 Å². The Morgan fingerprint density at radius 1 is 0.875 bits per heavy atom. The van der Waals surface area contributed by atoms with Gasteiger partial charge in [-0.15, -0.1) is 0 Å². The van der Waals surface area contributed by atoms with Gasteiger partial charge in [0.15, 0.2) is 0 Å². The normalized spacial score (nSPS) is 12.8. The lowest BCUT2D eigenvalue weighted by atomic mass is 10.1. The molecule has 0 heterocycles. The standard InChI is InChI=1S/C32H41N3O4S/c1-7-26(5)33-32(37)27(6)34(20-19-28-11-9-8-10-12-28)31(36)22-35(29-16-15-24(3)25(4)21-29)40(38,39)30-17-13-23(2)14-18-30/h8-18,21,26-27H,7,19-20,22H2,1-6H3,(H,33,37)/t26-,27-/m0/s1. The number of nitrogens with zero attached hydrogens (tertiary/aromatic N) is 2. The van der Waals surface area contributed by atoms with Crippen LogP contribution in [0.2, 0.25) is 0 Å². The number of nitrogens with one attached hydrogen (secondary N) is 1. The maximum atomic E-state index is 14.0. The molecular weight excluding hydrogens is 522 g/mol. The van der Waals surface area contributed by atoms with E-state index in [2.05, 4.69) is 5.32 Å². The number of aryl methyl sites for hydroxylation is 3. The average molecular weight is 564 g/mol. The molecule has 3 aromatic carbocycles. The van der Waals surface area contributed by atoms with Crippen LogP contribution >= 0.6 is 0 Å². The van der Waals surface area contributed by atoms with Gasteiger partial charge in [0.1, 0.15) is 12.6 Å². The minimum atomic E-state index is -4.08. The van der Waals surface area contributed by atoms with Gasteiger partial charge in [-0.05, 0) is 88.4 Å². The summed E-state index contributed by atoms with van der Waals surface area (Å²) in [6, 6.07) is 20.8. The second-order valence-electron chi connectivity index (χ2n) is 10.4. The second kappa shape index (κ2) is 13.6. The zero-order valence-electron chi connectivity index (χ0n) is 24.3. The molecule has 0 radical (unpaired) electrons. The molecule has 7 nitrogen and oxygen atoms in total. The maximum absolute atomic E-state index is 14.0. The lowest BCUT2D eigenvalue weighted by molar-refractivity contribution is -0.139. The Bertz CT molecular complexity index is 1410. The first-order chi connectivity index (χ1) is 18.9. The van der Waals surface area contributed by atoms with Crippen molar-refractivity contribution in [1.82, 2.24) is 10.2 Å². The number of anilines is 1. The lowest BCUT2D eigenvalue weighted by Crippen LogP contribution is -2.53. The van der Waals surface area contributed by atoms with Gasteiger partial charge in [0.25, 0.3) is 10.0 Å². The maximum Gasteiger partial charge on any atom is 0.264 e. The molecule has 0 aliphatic carbocycles. The molecule has 0 aliphatic rings. The topological polar surface area (TPSA) is 86.8 Å². The van der Waals surface area contributed by atoms with Gasteiger partial charge in [0.05, 0.1) is 10.6 Å². The summed E-state index contributed by atoms with van der Waals surface area (Å²) < 4.78 is 29.0. The predicted octanol–water partition coefficient (Wildman–Crippen LogP) is 5.18. The van der Waals surface area contributed by atoms with Crippen LogP contribution in [0.3, 0.4) is 0 Å². The van der Waals surface area contributed by atoms with Crippen molar-refractivity contribution < 1.29 is 18.0 Å². The Kier molecular flexibility index (Phi) is 10.5. The number of amides is 2. The molecule has 0 saturated heterocycles. The first-order valence-electron chi connectivity index (χ1n) is 13.7. The van der Waals surface area contributed by atoms with Crippen molar-refractivity contribution in [3.8, 4) is 0 Å². The summed E-state index contributed by atoms with van der Waals surface area (Å²) in [4.78, 5) is 28.7. The molecule has 2 atom stereocenters. The summed E-state index contributed by atoms with van der Waals surface area (Å²) >= 11 is 0. The summed E-state index contributed by atoms with van der Waals surface area (Å²) in [7, 11) is -4.08. The van der Waals surface area contributed by atoms with Crippen LogP contribution in [0, 0.1) is 20.8 Å². The first kappa shape index (κ1) is 30.9. The van der Waals surface area contributed by atoms with Crippen LogP contribution in [0.25, 0.3) is 0 Å². The van der Waals surface area contributed by atoms with E-state index in [0.717, 1.165) is 33.0 Å². The Hall–Kier alpha value is -3.65. The van der Waals surface area contributed by atoms with Crippen molar-refractivity contribution in [2.45, 2.75) is 71.4 Å². The van der Waals surface area contributed by atoms with E-state index in [1.165, 1.54) is 4.90 Å². The van der Waals surface area contributed by atoms with Gasteiger partial charge in [-0.3, -0.25) is 13.9 Å². The molecule has 0 unspecified atom stereocenters. The van der Waals surface area contributed by atoms with E-state index in [9.17, 15) is 18.0 Å². The monoisotopic (exact) mass is 563 g/mol. The molecule has 8 heteroatoms. The SMILES string of the molecule is CC[C@H](C)NC(=O)[C@H](C)N(CCc1ccccc1)C(=O)CN(c1ccc(C)c(C)c1)S(=O)(=O)c1ccc(C)cc1. The Morgan fingerprint density at radius 2 is 1.52 bits per heavy atom. The minimum Gasteiger partial charge on any atom is -0.352 e. The van der Waals surface area contributed by atoms with Crippen molar-refractivity contribution in [2.24, 2.45) is 0 Å². The average Bonchev–Trinajstić information content (AvgIpc) is 2.93. The van der Waals surface area contributed by atoms with Gasteiger partial charge >= 0.3 is 0 Å². The quantitative estimate of drug-likeness (QED) is 0.329. The Balaban J connectivity index is 2.00. The highest BCUT2D eigenvalue weighted by atomic mass is 32.2. The van der Waals surface area contributed by atoms with Gasteiger partial charge in [-0.25, -0.2) is 8.42 Å². The molecule has 0 saturated carbocycles. The largest absolute Gasteiger partial charge is 0.352 e. The van der Waals surface area contributed by atoms with Gasteiger partial charge in [0, 0.05) is 12.6 Å². The minimum absolute atomic E-state index is 0.0463. The number of hydrogen-bond donors (Lipinski definition) is 1. The zero-order chi connectivity index (χ0) is 29.4. The fourth-order valence-electron chi connectivity index (χ4n) is 4.28. The highest BCUT2D eigenvalue weighted by molar-refractivity contribution is 7.92. The van der Waals surface area contributed by atoms with E-state index in [-0.39, 0.29) is 23.4 Å². The molecule has 0 fully saturated rings. The molecule has 214 valence electrons. The number of carbonyl (C=O) groups is 2. The summed E-state index contributed by atoms with van der Waals surface area (Å²) in [6.45, 7) is 11.2. The van der Waals surface area contributed by atoms with Crippen LogP contribution < -0.4 is 9.62 Å². The molecule has 40 heavy (non-hydrogen) atoms. The van der Waals surface area contributed by atoms with E-state index in [1.807, 2.05) is 71.0 Å². The highest BCUT2D eigenvalue weighted by Gasteiger charge is 2.32. The van der Waals surface area contributed by atoms with E-state index in [1.54, 1.807) is 43.3 Å². The molecule has 3 rings (SSSR count). The Morgan fingerprint density at radius 3 is 2.12 bits per heavy atom. The van der Waals surface area contributed by atoms with Gasteiger partial charge < -0.3 is 10.2 Å². The Labute approximate surface area is 239 Å². The number of rotatable bonds is 12. The van der Waals surface area contributed by atoms with E-state index in [4.69, 9.17) is 0 Å². The number of sulfonamides is 1. The van der Waals surface area contributed by atoms with E-state index < -0.39 is 28.5 Å². The van der Waals surface area contributed by atoms with Crippen LogP contribution in [-0.4, -0.2) is 50.3 Å². The molecule has 2 amide bonds. The number of hydrogen-bond acceptors (Lipinski definition) is 4. The predicted molar refractivity (Wildman–Crippen MR) is 161 cm³/mol. The molecule has 0 aliphatic heterocycles. The first-order valence-corrected chi connectivity index (χ1v) is 15.2. The molecular formula is C32H41N3O4S. The summed E-state index contributed by atoms with van der Waals surface area (Å²) in [5, 5.41) is 2.96. The third-order valence-corrected chi connectivity index (χ3v) is 9.11. The third-order valence-electron chi connectivity index (χ3n) is 7.32. The van der Waals surface area contributed by atoms with E-state index in [0.29, 0.717) is 12.1 Å². The summed E-state index contributed by atoms with van der Waals surface area (Å²) in [6.07, 6.45) is 1.29. The number of carbonyl (C=O) groups excluding carboxylic acids is 2. The third kappa shape index (κ3) is 7.72. The van der Waals surface area contributed by atoms with Crippen molar-refractivity contribution in [2.75, 3.05) is 17.4 Å². The van der Waals surface area contributed by atoms with E-state index >= 15 is 0 Å². The molecule has 1 N–H and O–H groups in total. The van der Waals surface area contributed by atoms with Crippen LogP contribution in [-0.2, 0) is 26.0 Å². The summed E-state index contributed by atoms with van der Waals surface area (Å²) in [5.41, 5.74) is 4.28. The zero-order valence-corrected chi connectivity index (χ0v) is 25.2. The van der Waals surface area contributed by atoms with Crippen molar-refractivity contribution in [3.05, 3.63) is 95.1 Å². The van der Waals surface area contributed by atoms with Gasteiger partial charge in [0.2, 0.25) is 11.8 Å². The van der Waals surface area contributed by atoms with Crippen LogP contribution in [0.15, 0.2) is 77.7 Å². The molecule has 0 bridgehead atoms. The molecule has 0 aromatic heterocycles. The van der Waals surface area contributed by atoms with Crippen molar-refractivity contribution in [1.29, 1.82) is 0 Å². The lowest BCUT2D eigenvalue weighted by Gasteiger charge is -2.32. The van der Waals surface area contributed by atoms with Crippen molar-refractivity contribution >= 4 is 27.5 Å². The van der Waals surface area contributed by atoms with Gasteiger partial charge in [-0.1, -0.05) is 61.0 Å². The number of benzene rings is 3. The smallest absolute Gasteiger partial charge is 0.264 e. The van der Waals surface area contributed by atoms with Crippen LogP contribution in [0.5, 0.6) is 0 Å². The summed E-state index contributed by atoms with van der Waals surface area (Å²) in [5.74, 6) is -0.716. The highest BCUT2D eigenvalue weighted by Crippen LogP contribution is 2.26.